The van der Waals surface area contributed by atoms with Gasteiger partial charge >= 0.3 is 7.12 Å². The van der Waals surface area contributed by atoms with E-state index in [2.05, 4.69) is 58.5 Å². The Balaban J connectivity index is 1.60. The van der Waals surface area contributed by atoms with Crippen LogP contribution in [0.25, 0.3) is 10.4 Å². The highest BCUT2D eigenvalue weighted by molar-refractivity contribution is 6.48. The Labute approximate surface area is 247 Å². The zero-order valence-electron chi connectivity index (χ0n) is 24.9. The molecule has 13 heteroatoms. The SMILES string of the molecule is CC(C)CC(NC(=O)[C@H](Cc1ccccc1)NC(=O)c1cnccn1)B1OC2(C)CCCC(C)(C)C2(CON=[N+]=[N-])O1. The van der Waals surface area contributed by atoms with Crippen LogP contribution >= 0.6 is 0 Å². The molecule has 4 atom stereocenters. The van der Waals surface area contributed by atoms with Gasteiger partial charge in [-0.05, 0) is 55.0 Å². The Morgan fingerprint density at radius 2 is 1.90 bits per heavy atom. The van der Waals surface area contributed by atoms with Crippen LogP contribution in [-0.4, -0.2) is 58.7 Å². The molecule has 2 aliphatic rings. The van der Waals surface area contributed by atoms with Crippen LogP contribution in [0.15, 0.2) is 54.2 Å². The minimum absolute atomic E-state index is 0.0181. The molecule has 42 heavy (non-hydrogen) atoms. The number of aromatic nitrogens is 2. The fourth-order valence-corrected chi connectivity index (χ4v) is 6.33. The first kappa shape index (κ1) is 31.3. The van der Waals surface area contributed by atoms with Gasteiger partial charge in [0.25, 0.3) is 5.91 Å². The number of nitrogens with one attached hydrogen (secondary N) is 2. The Kier molecular flexibility index (Phi) is 9.76. The average molecular weight is 577 g/mol. The highest BCUT2D eigenvalue weighted by atomic mass is 16.7. The number of hydrogen-bond donors (Lipinski definition) is 2. The van der Waals surface area contributed by atoms with E-state index < -0.39 is 36.2 Å². The molecule has 2 N–H and O–H groups in total. The Hall–Kier alpha value is -3.67. The van der Waals surface area contributed by atoms with E-state index in [1.165, 1.54) is 18.6 Å². The number of nitrogens with zero attached hydrogens (tertiary/aromatic N) is 5. The maximum atomic E-state index is 13.9. The van der Waals surface area contributed by atoms with Gasteiger partial charge in [-0.15, -0.1) is 0 Å². The van der Waals surface area contributed by atoms with Crippen LogP contribution < -0.4 is 10.6 Å². The maximum Gasteiger partial charge on any atom is 0.482 e. The summed E-state index contributed by atoms with van der Waals surface area (Å²) in [5.41, 5.74) is 7.82. The van der Waals surface area contributed by atoms with Gasteiger partial charge in [0, 0.05) is 23.7 Å². The minimum Gasteiger partial charge on any atom is -0.430 e. The largest absolute Gasteiger partial charge is 0.482 e. The number of benzene rings is 1. The molecule has 2 heterocycles. The van der Waals surface area contributed by atoms with E-state index in [-0.39, 0.29) is 36.0 Å². The molecule has 1 saturated heterocycles. The Bertz CT molecular complexity index is 1280. The molecule has 2 amide bonds. The molecule has 3 unspecified atom stereocenters. The van der Waals surface area contributed by atoms with Crippen molar-refractivity contribution in [1.82, 2.24) is 20.6 Å². The molecule has 2 fully saturated rings. The van der Waals surface area contributed by atoms with Crippen LogP contribution in [0.4, 0.5) is 0 Å². The lowest BCUT2D eigenvalue weighted by Gasteiger charge is -2.54. The minimum atomic E-state index is -0.916. The molecule has 0 radical (unpaired) electrons. The normalized spacial score (nSPS) is 24.2. The summed E-state index contributed by atoms with van der Waals surface area (Å²) in [4.78, 5) is 43.1. The van der Waals surface area contributed by atoms with Crippen LogP contribution in [0.1, 0.15) is 76.4 Å². The van der Waals surface area contributed by atoms with Crippen LogP contribution in [0.2, 0.25) is 0 Å². The van der Waals surface area contributed by atoms with Crippen LogP contribution in [0.5, 0.6) is 0 Å². The van der Waals surface area contributed by atoms with Gasteiger partial charge in [0.2, 0.25) is 5.91 Å². The molecule has 1 aromatic carbocycles. The number of rotatable bonds is 12. The van der Waals surface area contributed by atoms with E-state index >= 15 is 0 Å². The van der Waals surface area contributed by atoms with Crippen molar-refractivity contribution in [2.45, 2.75) is 89.9 Å². The number of amides is 2. The van der Waals surface area contributed by atoms with Gasteiger partial charge < -0.3 is 24.8 Å². The third-order valence-electron chi connectivity index (χ3n) is 8.54. The number of carbonyl (C=O) groups is 2. The van der Waals surface area contributed by atoms with E-state index in [1.54, 1.807) is 0 Å². The van der Waals surface area contributed by atoms with Gasteiger partial charge in [-0.25, -0.2) is 4.98 Å². The summed E-state index contributed by atoms with van der Waals surface area (Å²) in [6.45, 7) is 10.3. The highest BCUT2D eigenvalue weighted by Crippen LogP contribution is 2.57. The van der Waals surface area contributed by atoms with Crippen LogP contribution in [-0.2, 0) is 25.4 Å². The van der Waals surface area contributed by atoms with E-state index in [4.69, 9.17) is 19.7 Å². The first-order valence-electron chi connectivity index (χ1n) is 14.4. The molecular formula is C29H40BN7O5. The number of hydrogen-bond acceptors (Lipinski definition) is 8. The molecule has 12 nitrogen and oxygen atoms in total. The van der Waals surface area contributed by atoms with Crippen molar-refractivity contribution >= 4 is 18.9 Å². The summed E-state index contributed by atoms with van der Waals surface area (Å²) >= 11 is 0. The van der Waals surface area contributed by atoms with Gasteiger partial charge in [0.05, 0.1) is 17.7 Å². The summed E-state index contributed by atoms with van der Waals surface area (Å²) in [7, 11) is -0.790. The monoisotopic (exact) mass is 577 g/mol. The summed E-state index contributed by atoms with van der Waals surface area (Å²) in [5.74, 6) is -1.20. The molecule has 224 valence electrons. The van der Waals surface area contributed by atoms with Crippen molar-refractivity contribution in [3.63, 3.8) is 0 Å². The second-order valence-corrected chi connectivity index (χ2v) is 12.4. The molecule has 2 aromatic rings. The molecule has 0 bridgehead atoms. The first-order chi connectivity index (χ1) is 20.0. The van der Waals surface area contributed by atoms with Gasteiger partial charge in [-0.1, -0.05) is 58.0 Å². The third kappa shape index (κ3) is 6.69. The lowest BCUT2D eigenvalue weighted by atomic mass is 9.59. The molecular weight excluding hydrogens is 537 g/mol. The van der Waals surface area contributed by atoms with Crippen LogP contribution in [0, 0.1) is 11.3 Å². The average Bonchev–Trinajstić information content (AvgIpc) is 3.27. The van der Waals surface area contributed by atoms with Crippen molar-refractivity contribution in [2.75, 3.05) is 6.61 Å². The van der Waals surface area contributed by atoms with Crippen LogP contribution in [0.3, 0.4) is 0 Å². The van der Waals surface area contributed by atoms with Gasteiger partial charge in [-0.2, -0.15) is 0 Å². The second-order valence-electron chi connectivity index (χ2n) is 12.4. The second kappa shape index (κ2) is 13.1. The van der Waals surface area contributed by atoms with Crippen molar-refractivity contribution in [2.24, 2.45) is 16.6 Å². The molecule has 1 aliphatic carbocycles. The first-order valence-corrected chi connectivity index (χ1v) is 14.4. The smallest absolute Gasteiger partial charge is 0.430 e. The lowest BCUT2D eigenvalue weighted by Crippen LogP contribution is -2.64. The molecule has 0 spiro atoms. The predicted molar refractivity (Wildman–Crippen MR) is 157 cm³/mol. The molecule has 1 aliphatic heterocycles. The number of azide groups is 1. The lowest BCUT2D eigenvalue weighted by molar-refractivity contribution is -0.179. The van der Waals surface area contributed by atoms with Crippen molar-refractivity contribution in [3.05, 3.63) is 70.6 Å². The summed E-state index contributed by atoms with van der Waals surface area (Å²) in [6.07, 6.45) is 7.62. The summed E-state index contributed by atoms with van der Waals surface area (Å²) in [5, 5.41) is 9.31. The van der Waals surface area contributed by atoms with E-state index in [0.717, 1.165) is 24.8 Å². The van der Waals surface area contributed by atoms with Gasteiger partial charge in [-0.3, -0.25) is 14.6 Å². The fraction of sp³-hybridized carbons (Fsp3) is 0.586. The maximum absolute atomic E-state index is 13.9. The summed E-state index contributed by atoms with van der Waals surface area (Å²) < 4.78 is 13.5. The number of carbonyl (C=O) groups excluding carboxylic acids is 2. The molecule has 1 saturated carbocycles. The summed E-state index contributed by atoms with van der Waals surface area (Å²) in [6, 6.07) is 8.59. The quantitative estimate of drug-likeness (QED) is 0.124. The van der Waals surface area contributed by atoms with E-state index in [9.17, 15) is 9.59 Å². The van der Waals surface area contributed by atoms with Gasteiger partial charge in [0.1, 0.15) is 29.2 Å². The van der Waals surface area contributed by atoms with Gasteiger partial charge in [0.15, 0.2) is 0 Å². The number of fused-ring (bicyclic) bond motifs is 1. The molecule has 4 rings (SSSR count). The van der Waals surface area contributed by atoms with Crippen molar-refractivity contribution < 1.29 is 23.7 Å². The third-order valence-corrected chi connectivity index (χ3v) is 8.54. The predicted octanol–water partition coefficient (Wildman–Crippen LogP) is 4.37. The van der Waals surface area contributed by atoms with Crippen molar-refractivity contribution in [1.29, 1.82) is 0 Å². The zero-order valence-corrected chi connectivity index (χ0v) is 24.9. The molecule has 1 aromatic heterocycles. The van der Waals surface area contributed by atoms with E-state index in [0.29, 0.717) is 6.42 Å². The van der Waals surface area contributed by atoms with E-state index in [1.807, 2.05) is 37.3 Å². The Morgan fingerprint density at radius 1 is 1.14 bits per heavy atom. The fourth-order valence-electron chi connectivity index (χ4n) is 6.33. The standard InChI is InChI=1S/C29H40BN7O5/c1-20(2)16-24(30-41-28(5)13-9-12-27(3,4)29(28,42-30)19-40-37-36-31)35-25(38)22(17-21-10-7-6-8-11-21)34-26(39)23-18-32-14-15-33-23/h6-8,10-11,14-15,18,20,22,24H,9,12-13,16-17,19H2,1-5H3,(H,34,39)(H,35,38)/t22-,24?,28?,29?/m0/s1. The Morgan fingerprint density at radius 3 is 2.57 bits per heavy atom. The van der Waals surface area contributed by atoms with Crippen molar-refractivity contribution in [3.8, 4) is 0 Å². The topological polar surface area (TPSA) is 160 Å². The zero-order chi connectivity index (χ0) is 30.4. The highest BCUT2D eigenvalue weighted by Gasteiger charge is 2.69.